The Balaban J connectivity index is 1.89. The van der Waals surface area contributed by atoms with E-state index in [1.165, 1.54) is 0 Å². The Morgan fingerprint density at radius 3 is 1.70 bits per heavy atom. The van der Waals surface area contributed by atoms with E-state index in [0.29, 0.717) is 0 Å². The summed E-state index contributed by atoms with van der Waals surface area (Å²) < 4.78 is 0. The number of benzene rings is 3. The lowest BCUT2D eigenvalue weighted by Crippen LogP contribution is -2.42. The quantitative estimate of drug-likeness (QED) is 0.573. The summed E-state index contributed by atoms with van der Waals surface area (Å²) in [5.74, 6) is 0. The second-order valence-corrected chi connectivity index (χ2v) is 6.47. The lowest BCUT2D eigenvalue weighted by Gasteiger charge is -2.27. The SMILES string of the molecule is OC[C@H](O)[C@H](/C=C/c1ccccc1)NC(c1ccccc1)c1ccccc1. The number of rotatable bonds is 8. The highest BCUT2D eigenvalue weighted by atomic mass is 16.3. The van der Waals surface area contributed by atoms with Gasteiger partial charge in [-0.1, -0.05) is 103 Å². The monoisotopic (exact) mass is 359 g/mol. The average molecular weight is 359 g/mol. The van der Waals surface area contributed by atoms with E-state index in [4.69, 9.17) is 0 Å². The third kappa shape index (κ3) is 5.38. The van der Waals surface area contributed by atoms with Gasteiger partial charge >= 0.3 is 0 Å². The van der Waals surface area contributed by atoms with Crippen LogP contribution >= 0.6 is 0 Å². The molecule has 3 heteroatoms. The van der Waals surface area contributed by atoms with E-state index >= 15 is 0 Å². The molecular formula is C24H25NO2. The van der Waals surface area contributed by atoms with Crippen molar-refractivity contribution in [2.45, 2.75) is 18.2 Å². The lowest BCUT2D eigenvalue weighted by atomic mass is 9.96. The van der Waals surface area contributed by atoms with Gasteiger partial charge in [0.25, 0.3) is 0 Å². The van der Waals surface area contributed by atoms with Crippen LogP contribution in [0.4, 0.5) is 0 Å². The van der Waals surface area contributed by atoms with Crippen molar-refractivity contribution in [1.82, 2.24) is 5.32 Å². The Bertz CT molecular complexity index is 779. The Labute approximate surface area is 160 Å². The third-order valence-corrected chi connectivity index (χ3v) is 4.52. The molecule has 27 heavy (non-hydrogen) atoms. The van der Waals surface area contributed by atoms with Crippen LogP contribution in [-0.2, 0) is 0 Å². The minimum Gasteiger partial charge on any atom is -0.394 e. The van der Waals surface area contributed by atoms with E-state index in [9.17, 15) is 10.2 Å². The molecule has 0 saturated heterocycles. The highest BCUT2D eigenvalue weighted by molar-refractivity contribution is 5.49. The van der Waals surface area contributed by atoms with E-state index in [1.54, 1.807) is 0 Å². The molecule has 138 valence electrons. The van der Waals surface area contributed by atoms with E-state index in [-0.39, 0.29) is 12.6 Å². The molecule has 0 unspecified atom stereocenters. The van der Waals surface area contributed by atoms with Gasteiger partial charge in [-0.05, 0) is 16.7 Å². The van der Waals surface area contributed by atoms with Crippen LogP contribution in [0.3, 0.4) is 0 Å². The van der Waals surface area contributed by atoms with Gasteiger partial charge in [0.1, 0.15) is 0 Å². The zero-order chi connectivity index (χ0) is 18.9. The van der Waals surface area contributed by atoms with Crippen molar-refractivity contribution in [2.24, 2.45) is 0 Å². The largest absolute Gasteiger partial charge is 0.394 e. The van der Waals surface area contributed by atoms with E-state index in [1.807, 2.05) is 78.9 Å². The van der Waals surface area contributed by atoms with Crippen LogP contribution in [0.2, 0.25) is 0 Å². The maximum Gasteiger partial charge on any atom is 0.0959 e. The van der Waals surface area contributed by atoms with Crippen LogP contribution in [-0.4, -0.2) is 29.0 Å². The van der Waals surface area contributed by atoms with Crippen LogP contribution in [0.5, 0.6) is 0 Å². The molecule has 0 aromatic heterocycles. The highest BCUT2D eigenvalue weighted by Crippen LogP contribution is 2.23. The van der Waals surface area contributed by atoms with Gasteiger partial charge in [0, 0.05) is 0 Å². The average Bonchev–Trinajstić information content (AvgIpc) is 2.75. The standard InChI is InChI=1S/C24H25NO2/c26-18-23(27)22(17-16-19-10-4-1-5-11-19)25-24(20-12-6-2-7-13-20)21-14-8-3-9-15-21/h1-17,22-27H,18H2/b17-16+/t22-,23-/m0/s1. The zero-order valence-corrected chi connectivity index (χ0v) is 15.1. The van der Waals surface area contributed by atoms with Gasteiger partial charge in [-0.2, -0.15) is 0 Å². The molecule has 3 rings (SSSR count). The Hall–Kier alpha value is -2.72. The molecule has 3 N–H and O–H groups in total. The fourth-order valence-corrected chi connectivity index (χ4v) is 3.06. The maximum absolute atomic E-state index is 10.4. The molecule has 2 atom stereocenters. The Morgan fingerprint density at radius 1 is 0.741 bits per heavy atom. The molecule has 3 aromatic rings. The van der Waals surface area contributed by atoms with Crippen LogP contribution < -0.4 is 5.32 Å². The summed E-state index contributed by atoms with van der Waals surface area (Å²) in [5, 5.41) is 23.4. The van der Waals surface area contributed by atoms with Crippen LogP contribution in [0.25, 0.3) is 6.08 Å². The first-order chi connectivity index (χ1) is 13.3. The molecule has 0 radical (unpaired) electrons. The Morgan fingerprint density at radius 2 is 1.22 bits per heavy atom. The first kappa shape index (κ1) is 19.1. The van der Waals surface area contributed by atoms with Crippen LogP contribution in [0.1, 0.15) is 22.7 Å². The smallest absolute Gasteiger partial charge is 0.0959 e. The Kier molecular flexibility index (Phi) is 6.94. The van der Waals surface area contributed by atoms with E-state index < -0.39 is 12.1 Å². The van der Waals surface area contributed by atoms with Gasteiger partial charge in [-0.15, -0.1) is 0 Å². The predicted molar refractivity (Wildman–Crippen MR) is 110 cm³/mol. The summed E-state index contributed by atoms with van der Waals surface area (Å²) in [6.07, 6.45) is 2.97. The van der Waals surface area contributed by atoms with Gasteiger partial charge in [-0.3, -0.25) is 5.32 Å². The van der Waals surface area contributed by atoms with Crippen molar-refractivity contribution in [1.29, 1.82) is 0 Å². The topological polar surface area (TPSA) is 52.5 Å². The molecule has 0 spiro atoms. The molecule has 0 aliphatic heterocycles. The van der Waals surface area contributed by atoms with Crippen LogP contribution in [0.15, 0.2) is 97.1 Å². The second-order valence-electron chi connectivity index (χ2n) is 6.47. The fourth-order valence-electron chi connectivity index (χ4n) is 3.06. The van der Waals surface area contributed by atoms with Crippen LogP contribution in [0, 0.1) is 0 Å². The molecule has 0 bridgehead atoms. The summed E-state index contributed by atoms with van der Waals surface area (Å²) in [7, 11) is 0. The molecule has 0 aliphatic carbocycles. The van der Waals surface area contributed by atoms with Gasteiger partial charge in [-0.25, -0.2) is 0 Å². The van der Waals surface area contributed by atoms with Gasteiger partial charge in [0.2, 0.25) is 0 Å². The summed E-state index contributed by atoms with van der Waals surface area (Å²) in [5.41, 5.74) is 3.25. The minimum absolute atomic E-state index is 0.0981. The number of nitrogens with one attached hydrogen (secondary N) is 1. The van der Waals surface area contributed by atoms with Crippen molar-refractivity contribution in [2.75, 3.05) is 6.61 Å². The van der Waals surface area contributed by atoms with Gasteiger partial charge in [0.05, 0.1) is 24.8 Å². The maximum atomic E-state index is 10.4. The molecule has 3 nitrogen and oxygen atoms in total. The van der Waals surface area contributed by atoms with Crippen molar-refractivity contribution in [3.63, 3.8) is 0 Å². The van der Waals surface area contributed by atoms with Gasteiger partial charge in [0.15, 0.2) is 0 Å². The van der Waals surface area contributed by atoms with E-state index in [2.05, 4.69) is 29.6 Å². The molecule has 0 fully saturated rings. The summed E-state index contributed by atoms with van der Waals surface area (Å²) in [4.78, 5) is 0. The molecule has 0 heterocycles. The van der Waals surface area contributed by atoms with Crippen molar-refractivity contribution in [3.05, 3.63) is 114 Å². The van der Waals surface area contributed by atoms with Crippen molar-refractivity contribution < 1.29 is 10.2 Å². The predicted octanol–water partition coefficient (Wildman–Crippen LogP) is 3.80. The number of aliphatic hydroxyl groups is 2. The molecule has 0 saturated carbocycles. The first-order valence-electron chi connectivity index (χ1n) is 9.16. The number of hydrogen-bond donors (Lipinski definition) is 3. The van der Waals surface area contributed by atoms with Gasteiger partial charge < -0.3 is 10.2 Å². The second kappa shape index (κ2) is 9.83. The third-order valence-electron chi connectivity index (χ3n) is 4.52. The minimum atomic E-state index is -0.903. The first-order valence-corrected chi connectivity index (χ1v) is 9.16. The molecule has 3 aromatic carbocycles. The summed E-state index contributed by atoms with van der Waals surface area (Å²) in [6, 6.07) is 29.7. The normalized spacial score (nSPS) is 13.7. The highest BCUT2D eigenvalue weighted by Gasteiger charge is 2.22. The van der Waals surface area contributed by atoms with Crippen molar-refractivity contribution >= 4 is 6.08 Å². The lowest BCUT2D eigenvalue weighted by molar-refractivity contribution is 0.0738. The van der Waals surface area contributed by atoms with E-state index in [0.717, 1.165) is 16.7 Å². The molecular weight excluding hydrogens is 334 g/mol. The summed E-state index contributed by atoms with van der Waals surface area (Å²) >= 11 is 0. The number of aliphatic hydroxyl groups excluding tert-OH is 2. The zero-order valence-electron chi connectivity index (χ0n) is 15.1. The van der Waals surface area contributed by atoms with Crippen molar-refractivity contribution in [3.8, 4) is 0 Å². The number of hydrogen-bond acceptors (Lipinski definition) is 3. The summed E-state index contributed by atoms with van der Waals surface area (Å²) in [6.45, 7) is -0.312. The fraction of sp³-hybridized carbons (Fsp3) is 0.167. The molecule has 0 amide bonds. The molecule has 0 aliphatic rings.